The maximum atomic E-state index is 12.0. The molecule has 0 rings (SSSR count). The number of aliphatic hydroxyl groups is 1. The van der Waals surface area contributed by atoms with Crippen molar-refractivity contribution in [1.29, 1.82) is 0 Å². The molecule has 0 aromatic heterocycles. The molecule has 2 atom stereocenters. The molecule has 0 aromatic carbocycles. The summed E-state index contributed by atoms with van der Waals surface area (Å²) in [5, 5.41) is 9.95. The van der Waals surface area contributed by atoms with Gasteiger partial charge in [0.25, 0.3) is 0 Å². The van der Waals surface area contributed by atoms with E-state index in [2.05, 4.69) is 45.1 Å². The van der Waals surface area contributed by atoms with Crippen molar-refractivity contribution in [3.05, 3.63) is 48.6 Å². The molecule has 0 heterocycles. The first-order chi connectivity index (χ1) is 21.4. The fraction of sp³-hybridized carbons (Fsp3) is 0.711. The van der Waals surface area contributed by atoms with Crippen LogP contribution in [-0.2, 0) is 23.9 Å². The van der Waals surface area contributed by atoms with Crippen molar-refractivity contribution >= 4 is 17.7 Å². The second-order valence-electron chi connectivity index (χ2n) is 11.9. The highest BCUT2D eigenvalue weighted by Crippen LogP contribution is 2.15. The molecule has 0 bridgehead atoms. The summed E-state index contributed by atoms with van der Waals surface area (Å²) in [6.07, 6.45) is 34.5. The van der Waals surface area contributed by atoms with Gasteiger partial charge in [0.15, 0.2) is 5.78 Å². The van der Waals surface area contributed by atoms with E-state index in [9.17, 15) is 19.5 Å². The smallest absolute Gasteiger partial charge is 0.305 e. The van der Waals surface area contributed by atoms with Crippen LogP contribution in [0.15, 0.2) is 48.6 Å². The number of carbonyl (C=O) groups is 3. The number of rotatable bonds is 30. The Labute approximate surface area is 269 Å². The highest BCUT2D eigenvalue weighted by molar-refractivity contribution is 5.90. The summed E-state index contributed by atoms with van der Waals surface area (Å²) in [6, 6.07) is 0. The number of allylic oxidation sites excluding steroid dienone is 8. The molecule has 1 unspecified atom stereocenters. The van der Waals surface area contributed by atoms with Crippen LogP contribution in [0.3, 0.4) is 0 Å². The van der Waals surface area contributed by atoms with Gasteiger partial charge >= 0.3 is 11.9 Å². The van der Waals surface area contributed by atoms with Crippen LogP contribution in [-0.4, -0.2) is 42.1 Å². The van der Waals surface area contributed by atoms with Crippen LogP contribution in [0, 0.1) is 5.92 Å². The zero-order chi connectivity index (χ0) is 32.5. The maximum absolute atomic E-state index is 12.0. The summed E-state index contributed by atoms with van der Waals surface area (Å²) in [6.45, 7) is 6.37. The number of unbranched alkanes of at least 4 members (excludes halogenated alkanes) is 10. The highest BCUT2D eigenvalue weighted by atomic mass is 16.6. The van der Waals surface area contributed by atoms with Gasteiger partial charge in [-0.15, -0.1) is 0 Å². The van der Waals surface area contributed by atoms with Crippen molar-refractivity contribution in [3.63, 3.8) is 0 Å². The Morgan fingerprint density at radius 3 is 1.84 bits per heavy atom. The third-order valence-corrected chi connectivity index (χ3v) is 7.58. The SMILES string of the molecule is CCCCC/C=C\C/C=C\C/C=C\C=C\C(=O)CCCC(=O)OC[C@H](O)COC(=O)CCCCCCCCCCC(C)CC. The van der Waals surface area contributed by atoms with Gasteiger partial charge in [-0.1, -0.05) is 134 Å². The van der Waals surface area contributed by atoms with Gasteiger partial charge in [-0.2, -0.15) is 0 Å². The van der Waals surface area contributed by atoms with E-state index in [1.165, 1.54) is 70.3 Å². The lowest BCUT2D eigenvalue weighted by Gasteiger charge is -2.12. The van der Waals surface area contributed by atoms with Gasteiger partial charge in [-0.05, 0) is 50.5 Å². The quantitative estimate of drug-likeness (QED) is 0.0284. The van der Waals surface area contributed by atoms with Crippen LogP contribution in [0.25, 0.3) is 0 Å². The summed E-state index contributed by atoms with van der Waals surface area (Å²) in [4.78, 5) is 35.8. The molecule has 44 heavy (non-hydrogen) atoms. The summed E-state index contributed by atoms with van der Waals surface area (Å²) in [7, 11) is 0. The fourth-order valence-corrected chi connectivity index (χ4v) is 4.48. The predicted octanol–water partition coefficient (Wildman–Crippen LogP) is 9.71. The summed E-state index contributed by atoms with van der Waals surface area (Å²) >= 11 is 0. The normalized spacial score (nSPS) is 13.4. The minimum absolute atomic E-state index is 0.0503. The van der Waals surface area contributed by atoms with E-state index in [1.54, 1.807) is 6.08 Å². The number of aliphatic hydroxyl groups excluding tert-OH is 1. The Balaban J connectivity index is 3.70. The van der Waals surface area contributed by atoms with Gasteiger partial charge < -0.3 is 14.6 Å². The molecule has 0 aliphatic carbocycles. The molecule has 6 heteroatoms. The number of carbonyl (C=O) groups excluding carboxylic acids is 3. The molecule has 0 aromatic rings. The van der Waals surface area contributed by atoms with E-state index in [4.69, 9.17) is 9.47 Å². The zero-order valence-electron chi connectivity index (χ0n) is 28.3. The molecule has 1 N–H and O–H groups in total. The fourth-order valence-electron chi connectivity index (χ4n) is 4.48. The lowest BCUT2D eigenvalue weighted by atomic mass is 9.99. The van der Waals surface area contributed by atoms with Crippen LogP contribution in [0.4, 0.5) is 0 Å². The van der Waals surface area contributed by atoms with E-state index in [0.29, 0.717) is 12.8 Å². The summed E-state index contributed by atoms with van der Waals surface area (Å²) < 4.78 is 10.2. The number of hydrogen-bond donors (Lipinski definition) is 1. The molecular formula is C38H64O6. The van der Waals surface area contributed by atoms with Crippen molar-refractivity contribution in [2.45, 2.75) is 155 Å². The number of esters is 2. The van der Waals surface area contributed by atoms with Crippen LogP contribution >= 0.6 is 0 Å². The van der Waals surface area contributed by atoms with Crippen molar-refractivity contribution < 1.29 is 29.0 Å². The van der Waals surface area contributed by atoms with Gasteiger partial charge in [0.1, 0.15) is 19.3 Å². The van der Waals surface area contributed by atoms with E-state index < -0.39 is 12.1 Å². The van der Waals surface area contributed by atoms with Crippen molar-refractivity contribution in [1.82, 2.24) is 0 Å². The first-order valence-corrected chi connectivity index (χ1v) is 17.5. The van der Waals surface area contributed by atoms with Crippen molar-refractivity contribution in [2.24, 2.45) is 5.92 Å². The first-order valence-electron chi connectivity index (χ1n) is 17.5. The average Bonchev–Trinajstić information content (AvgIpc) is 3.01. The molecule has 0 saturated heterocycles. The summed E-state index contributed by atoms with van der Waals surface area (Å²) in [5.41, 5.74) is 0. The molecule has 0 spiro atoms. The van der Waals surface area contributed by atoms with E-state index in [-0.39, 0.29) is 37.8 Å². The van der Waals surface area contributed by atoms with Crippen LogP contribution < -0.4 is 0 Å². The van der Waals surface area contributed by atoms with Gasteiger partial charge in [0.2, 0.25) is 0 Å². The van der Waals surface area contributed by atoms with Crippen LogP contribution in [0.1, 0.15) is 149 Å². The molecule has 252 valence electrons. The standard InChI is InChI=1S/C38H64O6/c1-4-6-7-8-9-10-11-12-13-14-18-21-24-28-35(39)29-26-31-38(42)44-33-36(40)32-43-37(41)30-25-22-19-16-15-17-20-23-27-34(3)5-2/h9-10,12-13,18,21,24,28,34,36,40H,4-8,11,14-17,19-20,22-23,25-27,29-33H2,1-3H3/b10-9-,13-12-,21-18-,28-24+/t34?,36-/m1/s1. The molecule has 0 radical (unpaired) electrons. The lowest BCUT2D eigenvalue weighted by Crippen LogP contribution is -2.25. The average molecular weight is 617 g/mol. The molecule has 0 amide bonds. The monoisotopic (exact) mass is 616 g/mol. The van der Waals surface area contributed by atoms with Crippen LogP contribution in [0.2, 0.25) is 0 Å². The number of ketones is 1. The highest BCUT2D eigenvalue weighted by Gasteiger charge is 2.12. The van der Waals surface area contributed by atoms with Gasteiger partial charge in [-0.3, -0.25) is 14.4 Å². The Morgan fingerprint density at radius 2 is 1.20 bits per heavy atom. The molecular weight excluding hydrogens is 552 g/mol. The van der Waals surface area contributed by atoms with Crippen LogP contribution in [0.5, 0.6) is 0 Å². The maximum Gasteiger partial charge on any atom is 0.305 e. The van der Waals surface area contributed by atoms with Gasteiger partial charge in [-0.25, -0.2) is 0 Å². The topological polar surface area (TPSA) is 89.9 Å². The minimum Gasteiger partial charge on any atom is -0.463 e. The molecule has 0 aliphatic heterocycles. The number of hydrogen-bond acceptors (Lipinski definition) is 6. The Bertz CT molecular complexity index is 825. The largest absolute Gasteiger partial charge is 0.463 e. The second-order valence-corrected chi connectivity index (χ2v) is 11.9. The van der Waals surface area contributed by atoms with Crippen molar-refractivity contribution in [3.8, 4) is 0 Å². The predicted molar refractivity (Wildman–Crippen MR) is 182 cm³/mol. The van der Waals surface area contributed by atoms with E-state index in [1.807, 2.05) is 12.2 Å². The Kier molecular flexibility index (Phi) is 30.1. The molecule has 0 aliphatic rings. The second kappa shape index (κ2) is 31.9. The first kappa shape index (κ1) is 41.5. The Hall–Kier alpha value is -2.47. The lowest BCUT2D eigenvalue weighted by molar-refractivity contribution is -0.152. The third kappa shape index (κ3) is 31.0. The van der Waals surface area contributed by atoms with E-state index in [0.717, 1.165) is 44.4 Å². The zero-order valence-corrected chi connectivity index (χ0v) is 28.3. The Morgan fingerprint density at radius 1 is 0.636 bits per heavy atom. The third-order valence-electron chi connectivity index (χ3n) is 7.58. The number of ether oxygens (including phenoxy) is 2. The van der Waals surface area contributed by atoms with E-state index >= 15 is 0 Å². The minimum atomic E-state index is -1.05. The molecule has 0 fully saturated rings. The molecule has 0 saturated carbocycles. The molecule has 6 nitrogen and oxygen atoms in total. The summed E-state index contributed by atoms with van der Waals surface area (Å²) in [5.74, 6) is -0.0220. The van der Waals surface area contributed by atoms with Gasteiger partial charge in [0, 0.05) is 19.3 Å². The van der Waals surface area contributed by atoms with Gasteiger partial charge in [0.05, 0.1) is 0 Å². The van der Waals surface area contributed by atoms with Crippen molar-refractivity contribution in [2.75, 3.05) is 13.2 Å².